The third kappa shape index (κ3) is 4.56. The van der Waals surface area contributed by atoms with Crippen LogP contribution in [0, 0.1) is 0 Å². The van der Waals surface area contributed by atoms with Gasteiger partial charge in [0.25, 0.3) is 0 Å². The third-order valence-electron chi connectivity index (χ3n) is 2.99. The van der Waals surface area contributed by atoms with Crippen molar-refractivity contribution in [2.45, 2.75) is 25.8 Å². The summed E-state index contributed by atoms with van der Waals surface area (Å²) in [7, 11) is 2.00. The summed E-state index contributed by atoms with van der Waals surface area (Å²) in [6.07, 6.45) is 8.21. The van der Waals surface area contributed by atoms with E-state index in [1.165, 1.54) is 17.7 Å². The van der Waals surface area contributed by atoms with Gasteiger partial charge in [-0.2, -0.15) is 0 Å². The van der Waals surface area contributed by atoms with Crippen molar-refractivity contribution < 1.29 is 14.1 Å². The molecule has 5 nitrogen and oxygen atoms in total. The zero-order chi connectivity index (χ0) is 14.2. The quantitative estimate of drug-likeness (QED) is 0.419. The summed E-state index contributed by atoms with van der Waals surface area (Å²) in [5.74, 6) is 0. The highest BCUT2D eigenvalue weighted by molar-refractivity contribution is 7.96. The van der Waals surface area contributed by atoms with Crippen molar-refractivity contribution in [3.63, 3.8) is 0 Å². The van der Waals surface area contributed by atoms with Gasteiger partial charge in [-0.05, 0) is 12.0 Å². The molecule has 2 heterocycles. The number of aromatic nitrogens is 1. The predicted molar refractivity (Wildman–Crippen MR) is 80.0 cm³/mol. The van der Waals surface area contributed by atoms with Crippen molar-refractivity contribution in [1.29, 1.82) is 0 Å². The van der Waals surface area contributed by atoms with E-state index in [0.717, 1.165) is 19.4 Å². The normalized spacial score (nSPS) is 18.8. The number of rotatable bonds is 8. The molecule has 0 saturated heterocycles. The molecule has 0 aromatic carbocycles. The molecule has 1 unspecified atom stereocenters. The molecule has 1 aromatic heterocycles. The van der Waals surface area contributed by atoms with Crippen LogP contribution < -0.4 is 4.57 Å². The molecular formula is C14H22N3O2S+. The molecule has 110 valence electrons. The van der Waals surface area contributed by atoms with Gasteiger partial charge in [-0.3, -0.25) is 4.84 Å². The number of pyridine rings is 1. The van der Waals surface area contributed by atoms with E-state index in [4.69, 9.17) is 9.57 Å². The molecule has 1 aliphatic heterocycles. The standard InChI is InChI=1S/C14H22N3O2S/c1-3-4-9-18-10-11-19-17-14(12-15-20-17)13-5-7-16(2)8-6-13/h5-8,12,14H,3-4,9-11H2,1-2H3/q+1. The molecule has 0 bridgehead atoms. The van der Waals surface area contributed by atoms with Crippen LogP contribution in [0.15, 0.2) is 28.9 Å². The Morgan fingerprint density at radius 1 is 1.30 bits per heavy atom. The fourth-order valence-electron chi connectivity index (χ4n) is 1.79. The maximum Gasteiger partial charge on any atom is 0.168 e. The van der Waals surface area contributed by atoms with E-state index in [0.29, 0.717) is 13.2 Å². The fraction of sp³-hybridized carbons (Fsp3) is 0.571. The Labute approximate surface area is 124 Å². The van der Waals surface area contributed by atoms with Gasteiger partial charge in [0, 0.05) is 25.0 Å². The molecular weight excluding hydrogens is 274 g/mol. The number of unbranched alkanes of at least 4 members (excludes halogenated alkanes) is 1. The van der Waals surface area contributed by atoms with Gasteiger partial charge in [0.15, 0.2) is 12.4 Å². The van der Waals surface area contributed by atoms with Gasteiger partial charge in [0.05, 0.1) is 25.3 Å². The molecule has 6 heteroatoms. The maximum absolute atomic E-state index is 5.72. The van der Waals surface area contributed by atoms with Gasteiger partial charge >= 0.3 is 0 Å². The van der Waals surface area contributed by atoms with Crippen LogP contribution in [0.2, 0.25) is 0 Å². The Bertz CT molecular complexity index is 425. The number of hydrogen-bond acceptors (Lipinski definition) is 5. The minimum atomic E-state index is 0.0665. The monoisotopic (exact) mass is 296 g/mol. The molecule has 0 N–H and O–H groups in total. The first-order chi connectivity index (χ1) is 9.81. The number of hydroxylamine groups is 1. The van der Waals surface area contributed by atoms with Crippen LogP contribution in [0.1, 0.15) is 31.4 Å². The van der Waals surface area contributed by atoms with E-state index >= 15 is 0 Å². The highest BCUT2D eigenvalue weighted by Crippen LogP contribution is 2.31. The smallest absolute Gasteiger partial charge is 0.168 e. The maximum atomic E-state index is 5.72. The first kappa shape index (κ1) is 15.4. The third-order valence-corrected chi connectivity index (χ3v) is 3.70. The molecule has 2 rings (SSSR count). The lowest BCUT2D eigenvalue weighted by Crippen LogP contribution is -2.28. The summed E-state index contributed by atoms with van der Waals surface area (Å²) in [4.78, 5) is 5.72. The molecule has 0 saturated carbocycles. The Morgan fingerprint density at radius 2 is 2.10 bits per heavy atom. The largest absolute Gasteiger partial charge is 0.379 e. The first-order valence-electron chi connectivity index (χ1n) is 6.97. The lowest BCUT2D eigenvalue weighted by molar-refractivity contribution is -0.671. The minimum Gasteiger partial charge on any atom is -0.379 e. The average Bonchev–Trinajstić information content (AvgIpc) is 2.92. The summed E-state index contributed by atoms with van der Waals surface area (Å²) in [5.41, 5.74) is 1.17. The molecule has 1 aromatic rings. The second kappa shape index (κ2) is 8.36. The van der Waals surface area contributed by atoms with Gasteiger partial charge in [-0.25, -0.2) is 8.96 Å². The second-order valence-electron chi connectivity index (χ2n) is 4.66. The highest BCUT2D eigenvalue weighted by Gasteiger charge is 2.25. The number of nitrogens with zero attached hydrogens (tertiary/aromatic N) is 3. The first-order valence-corrected chi connectivity index (χ1v) is 7.70. The predicted octanol–water partition coefficient (Wildman–Crippen LogP) is 2.25. The van der Waals surface area contributed by atoms with Crippen LogP contribution in [-0.2, 0) is 16.6 Å². The average molecular weight is 296 g/mol. The van der Waals surface area contributed by atoms with Crippen LogP contribution in [0.5, 0.6) is 0 Å². The van der Waals surface area contributed by atoms with E-state index in [1.807, 2.05) is 34.7 Å². The van der Waals surface area contributed by atoms with Crippen LogP contribution in [0.25, 0.3) is 0 Å². The van der Waals surface area contributed by atoms with Gasteiger partial charge in [0.1, 0.15) is 13.1 Å². The Hall–Kier alpha value is -0.950. The zero-order valence-corrected chi connectivity index (χ0v) is 12.9. The van der Waals surface area contributed by atoms with Crippen molar-refractivity contribution in [3.05, 3.63) is 30.1 Å². The topological polar surface area (TPSA) is 37.9 Å². The zero-order valence-electron chi connectivity index (χ0n) is 12.1. The molecule has 20 heavy (non-hydrogen) atoms. The molecule has 0 aliphatic carbocycles. The summed E-state index contributed by atoms with van der Waals surface area (Å²) in [6.45, 7) is 4.13. The van der Waals surface area contributed by atoms with E-state index in [2.05, 4.69) is 23.5 Å². The molecule has 0 fully saturated rings. The molecule has 1 atom stereocenters. The fourth-order valence-corrected chi connectivity index (χ4v) is 2.45. The van der Waals surface area contributed by atoms with Crippen molar-refractivity contribution in [1.82, 2.24) is 4.47 Å². The van der Waals surface area contributed by atoms with Crippen LogP contribution in [0.4, 0.5) is 0 Å². The summed E-state index contributed by atoms with van der Waals surface area (Å²) in [5, 5.41) is 0. The molecule has 1 aliphatic rings. The van der Waals surface area contributed by atoms with E-state index in [-0.39, 0.29) is 6.04 Å². The lowest BCUT2D eigenvalue weighted by atomic mass is 10.1. The van der Waals surface area contributed by atoms with Crippen molar-refractivity contribution in [2.75, 3.05) is 19.8 Å². The van der Waals surface area contributed by atoms with Crippen molar-refractivity contribution in [3.8, 4) is 0 Å². The summed E-state index contributed by atoms with van der Waals surface area (Å²) < 4.78 is 13.5. The van der Waals surface area contributed by atoms with Crippen molar-refractivity contribution >= 4 is 18.3 Å². The van der Waals surface area contributed by atoms with E-state index < -0.39 is 0 Å². The van der Waals surface area contributed by atoms with Crippen LogP contribution in [0.3, 0.4) is 0 Å². The van der Waals surface area contributed by atoms with Crippen LogP contribution in [-0.4, -0.2) is 30.5 Å². The Morgan fingerprint density at radius 3 is 2.85 bits per heavy atom. The molecule has 0 radical (unpaired) electrons. The number of ether oxygens (including phenoxy) is 1. The van der Waals surface area contributed by atoms with E-state index in [1.54, 1.807) is 0 Å². The van der Waals surface area contributed by atoms with Crippen LogP contribution >= 0.6 is 12.1 Å². The number of hydrogen-bond donors (Lipinski definition) is 0. The highest BCUT2D eigenvalue weighted by atomic mass is 32.2. The van der Waals surface area contributed by atoms with Gasteiger partial charge in [-0.1, -0.05) is 17.8 Å². The molecule has 0 amide bonds. The van der Waals surface area contributed by atoms with Gasteiger partial charge < -0.3 is 4.74 Å². The Kier molecular flexibility index (Phi) is 6.46. The summed E-state index contributed by atoms with van der Waals surface area (Å²) >= 11 is 1.34. The number of aryl methyl sites for hydroxylation is 1. The summed E-state index contributed by atoms with van der Waals surface area (Å²) in [6, 6.07) is 4.23. The molecule has 0 spiro atoms. The lowest BCUT2D eigenvalue weighted by Gasteiger charge is -2.20. The van der Waals surface area contributed by atoms with Gasteiger partial charge in [-0.15, -0.1) is 0 Å². The second-order valence-corrected chi connectivity index (χ2v) is 5.40. The van der Waals surface area contributed by atoms with E-state index in [9.17, 15) is 0 Å². The minimum absolute atomic E-state index is 0.0665. The van der Waals surface area contributed by atoms with Gasteiger partial charge in [0.2, 0.25) is 0 Å². The van der Waals surface area contributed by atoms with Crippen molar-refractivity contribution in [2.24, 2.45) is 11.4 Å². The Balaban J connectivity index is 1.76. The SMILES string of the molecule is CCCCOCCON1SN=CC1c1cc[n+](C)cc1.